The van der Waals surface area contributed by atoms with Gasteiger partial charge in [0, 0.05) is 0 Å². The molecule has 0 saturated heterocycles. The third-order valence-corrected chi connectivity index (χ3v) is 2.27. The maximum atomic E-state index is 10.6. The molecule has 0 rings (SSSR count). The van der Waals surface area contributed by atoms with Crippen LogP contribution in [0.25, 0.3) is 0 Å². The van der Waals surface area contributed by atoms with E-state index >= 15 is 0 Å². The summed E-state index contributed by atoms with van der Waals surface area (Å²) < 4.78 is -0.740. The van der Waals surface area contributed by atoms with Gasteiger partial charge < -0.3 is 0 Å². The maximum absolute atomic E-state index is 10.6. The number of carbonyl (C=O) groups is 1. The van der Waals surface area contributed by atoms with E-state index in [2.05, 4.69) is 63.7 Å². The maximum Gasteiger partial charge on any atom is 0.193 e. The zero-order valence-corrected chi connectivity index (χ0v) is 9.97. The lowest BCUT2D eigenvalue weighted by molar-refractivity contribution is -0.114. The molecule has 0 aliphatic carbocycles. The van der Waals surface area contributed by atoms with Crippen molar-refractivity contribution in [1.82, 2.24) is 0 Å². The van der Waals surface area contributed by atoms with Crippen molar-refractivity contribution in [3.05, 3.63) is 0 Å². The van der Waals surface area contributed by atoms with Crippen molar-refractivity contribution in [2.24, 2.45) is 0 Å². The first kappa shape index (κ1) is 9.59. The molecule has 0 radical (unpaired) electrons. The summed E-state index contributed by atoms with van der Waals surface area (Å²) in [6, 6.07) is 0. The minimum atomic E-state index is -0.740. The molecule has 0 bridgehead atoms. The first-order valence-electron chi connectivity index (χ1n) is 1.64. The van der Waals surface area contributed by atoms with Crippen LogP contribution in [-0.4, -0.2) is 13.3 Å². The van der Waals surface area contributed by atoms with Crippen LogP contribution in [0.5, 0.6) is 0 Å². The van der Waals surface area contributed by atoms with Gasteiger partial charge in [-0.25, -0.2) is 0 Å². The van der Waals surface area contributed by atoms with Crippen LogP contribution in [0.4, 0.5) is 0 Å². The van der Waals surface area contributed by atoms with Gasteiger partial charge in [0.2, 0.25) is 0 Å². The number of hydrogen-bond acceptors (Lipinski definition) is 1. The molecule has 8 heavy (non-hydrogen) atoms. The van der Waals surface area contributed by atoms with Crippen LogP contribution < -0.4 is 0 Å². The summed E-state index contributed by atoms with van der Waals surface area (Å²) in [5, 5.41) is 0.328. The largest absolute Gasteiger partial charge is 0.295 e. The second-order valence-electron chi connectivity index (χ2n) is 1.05. The summed E-state index contributed by atoms with van der Waals surface area (Å²) in [6.07, 6.45) is 0. The summed E-state index contributed by atoms with van der Waals surface area (Å²) in [4.78, 5) is 10.6. The van der Waals surface area contributed by atoms with Gasteiger partial charge in [0.05, 0.1) is 5.33 Å². The van der Waals surface area contributed by atoms with Crippen molar-refractivity contribution in [1.29, 1.82) is 0 Å². The zero-order chi connectivity index (χ0) is 6.78. The first-order chi connectivity index (χ1) is 3.48. The second kappa shape index (κ2) is 3.68. The van der Waals surface area contributed by atoms with Crippen LogP contribution in [0.1, 0.15) is 0 Å². The summed E-state index contributed by atoms with van der Waals surface area (Å²) in [7, 11) is 0. The molecular weight excluding hydrogens is 372 g/mol. The monoisotopic (exact) mass is 370 g/mol. The Morgan fingerprint density at radius 2 is 1.75 bits per heavy atom. The highest BCUT2D eigenvalue weighted by Crippen LogP contribution is 2.34. The molecular formula is C3H2Br4O. The number of alkyl halides is 4. The summed E-state index contributed by atoms with van der Waals surface area (Å²) in [5.74, 6) is -0.00231. The van der Waals surface area contributed by atoms with Gasteiger partial charge >= 0.3 is 0 Å². The molecule has 0 aromatic heterocycles. The van der Waals surface area contributed by atoms with Crippen LogP contribution in [0, 0.1) is 0 Å². The normalized spacial score (nSPS) is 11.5. The van der Waals surface area contributed by atoms with Crippen LogP contribution in [0.15, 0.2) is 0 Å². The molecule has 0 N–H and O–H groups in total. The van der Waals surface area contributed by atoms with Gasteiger partial charge in [-0.15, -0.1) is 0 Å². The lowest BCUT2D eigenvalue weighted by Gasteiger charge is -2.05. The van der Waals surface area contributed by atoms with Gasteiger partial charge in [0.1, 0.15) is 0 Å². The molecule has 0 aromatic carbocycles. The average molecular weight is 374 g/mol. The highest BCUT2D eigenvalue weighted by molar-refractivity contribution is 9.40. The smallest absolute Gasteiger partial charge is 0.193 e. The fraction of sp³-hybridized carbons (Fsp3) is 0.667. The molecule has 0 aromatic rings. The number of rotatable bonds is 1. The molecule has 48 valence electrons. The van der Waals surface area contributed by atoms with Gasteiger partial charge in [-0.2, -0.15) is 0 Å². The molecule has 5 heteroatoms. The fourth-order valence-corrected chi connectivity index (χ4v) is 2.05. The average Bonchev–Trinajstić information content (AvgIpc) is 1.62. The van der Waals surface area contributed by atoms with Crippen molar-refractivity contribution < 1.29 is 4.79 Å². The highest BCUT2D eigenvalue weighted by atomic mass is 80.0. The number of ketones is 1. The third-order valence-electron chi connectivity index (χ3n) is 0.438. The molecule has 0 unspecified atom stereocenters. The van der Waals surface area contributed by atoms with Crippen LogP contribution >= 0.6 is 63.7 Å². The van der Waals surface area contributed by atoms with E-state index in [1.165, 1.54) is 0 Å². The van der Waals surface area contributed by atoms with E-state index in [1.54, 1.807) is 0 Å². The molecule has 0 fully saturated rings. The van der Waals surface area contributed by atoms with Crippen molar-refractivity contribution in [2.75, 3.05) is 5.33 Å². The summed E-state index contributed by atoms with van der Waals surface area (Å²) >= 11 is 12.2. The highest BCUT2D eigenvalue weighted by Gasteiger charge is 2.26. The quantitative estimate of drug-likeness (QED) is 0.646. The van der Waals surface area contributed by atoms with E-state index in [1.807, 2.05) is 0 Å². The Hall–Kier alpha value is 1.59. The fourth-order valence-electron chi connectivity index (χ4n) is 0.0758. The van der Waals surface area contributed by atoms with E-state index in [0.717, 1.165) is 0 Å². The van der Waals surface area contributed by atoms with Crippen LogP contribution in [0.2, 0.25) is 0 Å². The molecule has 0 aliphatic heterocycles. The van der Waals surface area contributed by atoms with Crippen LogP contribution in [-0.2, 0) is 4.79 Å². The molecule has 0 heterocycles. The van der Waals surface area contributed by atoms with Gasteiger partial charge in [0.15, 0.2) is 7.93 Å². The molecule has 1 nitrogen and oxygen atoms in total. The van der Waals surface area contributed by atoms with E-state index in [9.17, 15) is 4.79 Å². The molecule has 0 spiro atoms. The first-order valence-corrected chi connectivity index (χ1v) is 5.14. The van der Waals surface area contributed by atoms with Crippen molar-refractivity contribution in [2.45, 2.75) is 2.14 Å². The molecule has 0 saturated carbocycles. The Bertz CT molecular complexity index is 93.9. The SMILES string of the molecule is O=C(CBr)C(Br)(Br)Br. The Kier molecular flexibility index (Phi) is 4.42. The van der Waals surface area contributed by atoms with Crippen molar-refractivity contribution in [3.8, 4) is 0 Å². The number of hydrogen-bond donors (Lipinski definition) is 0. The van der Waals surface area contributed by atoms with E-state index in [4.69, 9.17) is 0 Å². The Morgan fingerprint density at radius 1 is 1.38 bits per heavy atom. The lowest BCUT2D eigenvalue weighted by Crippen LogP contribution is -2.17. The van der Waals surface area contributed by atoms with Gasteiger partial charge in [-0.05, 0) is 0 Å². The van der Waals surface area contributed by atoms with Crippen molar-refractivity contribution in [3.63, 3.8) is 0 Å². The third kappa shape index (κ3) is 3.58. The number of halogens is 4. The summed E-state index contributed by atoms with van der Waals surface area (Å²) in [5.41, 5.74) is 0. The summed E-state index contributed by atoms with van der Waals surface area (Å²) in [6.45, 7) is 0. The molecule has 0 atom stereocenters. The van der Waals surface area contributed by atoms with Crippen molar-refractivity contribution >= 4 is 69.5 Å². The Labute approximate surface area is 81.1 Å². The standard InChI is InChI=1S/C3H2Br4O/c4-1-2(8)3(5,6)7/h1H2. The Balaban J connectivity index is 3.82. The predicted octanol–water partition coefficient (Wildman–Crippen LogP) is 2.79. The van der Waals surface area contributed by atoms with E-state index < -0.39 is 2.14 Å². The minimum absolute atomic E-state index is 0.00231. The zero-order valence-electron chi connectivity index (χ0n) is 3.63. The van der Waals surface area contributed by atoms with E-state index in [-0.39, 0.29) is 5.78 Å². The van der Waals surface area contributed by atoms with Crippen LogP contribution in [0.3, 0.4) is 0 Å². The predicted molar refractivity (Wildman–Crippen MR) is 48.3 cm³/mol. The second-order valence-corrected chi connectivity index (χ2v) is 8.38. The molecule has 0 amide bonds. The molecule has 0 aliphatic rings. The van der Waals surface area contributed by atoms with Gasteiger partial charge in [-0.3, -0.25) is 4.79 Å². The lowest BCUT2D eigenvalue weighted by atomic mass is 10.5. The van der Waals surface area contributed by atoms with Gasteiger partial charge in [-0.1, -0.05) is 63.7 Å². The topological polar surface area (TPSA) is 17.1 Å². The number of Topliss-reactive ketones (excluding diaryl/α,β-unsaturated/α-hetero) is 1. The van der Waals surface area contributed by atoms with E-state index in [0.29, 0.717) is 5.33 Å². The minimum Gasteiger partial charge on any atom is -0.295 e. The van der Waals surface area contributed by atoms with Gasteiger partial charge in [0.25, 0.3) is 0 Å². The number of carbonyl (C=O) groups excluding carboxylic acids is 1. The Morgan fingerprint density at radius 3 is 1.75 bits per heavy atom.